The molecule has 1 N–H and O–H groups in total. The standard InChI is InChI=1S/C9H17NO.ClH/c1-5-9(2,11)7-6-8-10(3)4;/h11H,5,8H2,1-4H3;1H. The minimum absolute atomic E-state index is 0. The van der Waals surface area contributed by atoms with Crippen molar-refractivity contribution in [3.05, 3.63) is 0 Å². The van der Waals surface area contributed by atoms with Crippen LogP contribution in [0.25, 0.3) is 0 Å². The van der Waals surface area contributed by atoms with Crippen LogP contribution in [-0.2, 0) is 0 Å². The molecule has 0 spiro atoms. The smallest absolute Gasteiger partial charge is 0.122 e. The van der Waals surface area contributed by atoms with Crippen LogP contribution in [0.4, 0.5) is 0 Å². The number of nitrogens with zero attached hydrogens (tertiary/aromatic N) is 1. The van der Waals surface area contributed by atoms with E-state index in [1.54, 1.807) is 6.92 Å². The van der Waals surface area contributed by atoms with Crippen molar-refractivity contribution in [2.75, 3.05) is 20.6 Å². The molecule has 0 bridgehead atoms. The van der Waals surface area contributed by atoms with Gasteiger partial charge in [0.15, 0.2) is 0 Å². The van der Waals surface area contributed by atoms with E-state index in [1.807, 2.05) is 25.9 Å². The number of aliphatic hydroxyl groups is 1. The van der Waals surface area contributed by atoms with E-state index in [1.165, 1.54) is 0 Å². The number of halogens is 1. The zero-order valence-electron chi connectivity index (χ0n) is 8.22. The van der Waals surface area contributed by atoms with Crippen LogP contribution >= 0.6 is 12.4 Å². The van der Waals surface area contributed by atoms with Gasteiger partial charge in [-0.15, -0.1) is 12.4 Å². The van der Waals surface area contributed by atoms with Gasteiger partial charge in [-0.1, -0.05) is 18.8 Å². The SMILES string of the molecule is CCC(C)(O)C#CCN(C)C.Cl. The Morgan fingerprint density at radius 2 is 1.92 bits per heavy atom. The van der Waals surface area contributed by atoms with Gasteiger partial charge in [0.05, 0.1) is 6.54 Å². The Morgan fingerprint density at radius 3 is 2.25 bits per heavy atom. The van der Waals surface area contributed by atoms with E-state index in [-0.39, 0.29) is 12.4 Å². The zero-order valence-corrected chi connectivity index (χ0v) is 9.03. The summed E-state index contributed by atoms with van der Waals surface area (Å²) in [5, 5.41) is 9.44. The van der Waals surface area contributed by atoms with E-state index in [0.29, 0.717) is 13.0 Å². The second-order valence-corrected chi connectivity index (χ2v) is 3.17. The number of hydrogen-bond acceptors (Lipinski definition) is 2. The van der Waals surface area contributed by atoms with Gasteiger partial charge in [0.1, 0.15) is 5.60 Å². The van der Waals surface area contributed by atoms with Gasteiger partial charge in [0, 0.05) is 0 Å². The highest BCUT2D eigenvalue weighted by atomic mass is 35.5. The molecule has 0 rings (SSSR count). The van der Waals surface area contributed by atoms with Gasteiger partial charge in [-0.3, -0.25) is 4.90 Å². The molecule has 1 atom stereocenters. The third-order valence-electron chi connectivity index (χ3n) is 1.44. The van der Waals surface area contributed by atoms with Crippen molar-refractivity contribution in [2.24, 2.45) is 0 Å². The molecule has 0 amide bonds. The molecule has 72 valence electrons. The fourth-order valence-electron chi connectivity index (χ4n) is 0.476. The van der Waals surface area contributed by atoms with Gasteiger partial charge in [0.2, 0.25) is 0 Å². The van der Waals surface area contributed by atoms with Crippen molar-refractivity contribution in [3.63, 3.8) is 0 Å². The first-order valence-corrected chi connectivity index (χ1v) is 3.85. The molecule has 0 fully saturated rings. The molecule has 3 heteroatoms. The Morgan fingerprint density at radius 1 is 1.42 bits per heavy atom. The van der Waals surface area contributed by atoms with Crippen molar-refractivity contribution in [3.8, 4) is 11.8 Å². The average molecular weight is 192 g/mol. The second kappa shape index (κ2) is 6.30. The van der Waals surface area contributed by atoms with Gasteiger partial charge in [0.25, 0.3) is 0 Å². The predicted octanol–water partition coefficient (Wildman–Crippen LogP) is 1.13. The monoisotopic (exact) mass is 191 g/mol. The highest BCUT2D eigenvalue weighted by Crippen LogP contribution is 2.04. The van der Waals surface area contributed by atoms with Gasteiger partial charge < -0.3 is 5.11 Å². The fourth-order valence-corrected chi connectivity index (χ4v) is 0.476. The topological polar surface area (TPSA) is 23.5 Å². The van der Waals surface area contributed by atoms with Crippen LogP contribution in [0.5, 0.6) is 0 Å². The first kappa shape index (κ1) is 14.3. The fraction of sp³-hybridized carbons (Fsp3) is 0.778. The maximum Gasteiger partial charge on any atom is 0.122 e. The summed E-state index contributed by atoms with van der Waals surface area (Å²) in [6, 6.07) is 0. The van der Waals surface area contributed by atoms with Crippen LogP contribution in [0.2, 0.25) is 0 Å². The van der Waals surface area contributed by atoms with Crippen LogP contribution < -0.4 is 0 Å². The van der Waals surface area contributed by atoms with Gasteiger partial charge in [-0.25, -0.2) is 0 Å². The van der Waals surface area contributed by atoms with Gasteiger partial charge in [-0.2, -0.15) is 0 Å². The van der Waals surface area contributed by atoms with Crippen LogP contribution in [0.1, 0.15) is 20.3 Å². The first-order chi connectivity index (χ1) is 4.98. The lowest BCUT2D eigenvalue weighted by Crippen LogP contribution is -2.20. The van der Waals surface area contributed by atoms with Crippen molar-refractivity contribution >= 4 is 12.4 Å². The highest BCUT2D eigenvalue weighted by molar-refractivity contribution is 5.85. The maximum atomic E-state index is 9.44. The summed E-state index contributed by atoms with van der Waals surface area (Å²) < 4.78 is 0. The van der Waals surface area contributed by atoms with Crippen LogP contribution in [0.15, 0.2) is 0 Å². The normalized spacial score (nSPS) is 14.2. The molecular formula is C9H18ClNO. The summed E-state index contributed by atoms with van der Waals surface area (Å²) in [5.41, 5.74) is -0.810. The molecule has 2 nitrogen and oxygen atoms in total. The maximum absolute atomic E-state index is 9.44. The third kappa shape index (κ3) is 7.87. The summed E-state index contributed by atoms with van der Waals surface area (Å²) >= 11 is 0. The molecule has 0 aromatic rings. The lowest BCUT2D eigenvalue weighted by Gasteiger charge is -2.12. The Hall–Kier alpha value is -0.230. The Bertz CT molecular complexity index is 167. The van der Waals surface area contributed by atoms with Crippen LogP contribution in [0, 0.1) is 11.8 Å². The van der Waals surface area contributed by atoms with Crippen LogP contribution in [0.3, 0.4) is 0 Å². The molecule has 0 aliphatic rings. The van der Waals surface area contributed by atoms with Crippen molar-refractivity contribution in [1.29, 1.82) is 0 Å². The summed E-state index contributed by atoms with van der Waals surface area (Å²) in [4.78, 5) is 1.97. The molecule has 0 heterocycles. The zero-order chi connectivity index (χ0) is 8.91. The minimum atomic E-state index is -0.810. The van der Waals surface area contributed by atoms with Crippen LogP contribution in [-0.4, -0.2) is 36.2 Å². The molecule has 0 aliphatic carbocycles. The summed E-state index contributed by atoms with van der Waals surface area (Å²) in [7, 11) is 3.91. The van der Waals surface area contributed by atoms with E-state index >= 15 is 0 Å². The quantitative estimate of drug-likeness (QED) is 0.662. The second-order valence-electron chi connectivity index (χ2n) is 3.17. The van der Waals surface area contributed by atoms with E-state index in [2.05, 4.69) is 11.8 Å². The van der Waals surface area contributed by atoms with Crippen molar-refractivity contribution < 1.29 is 5.11 Å². The van der Waals surface area contributed by atoms with Gasteiger partial charge in [-0.05, 0) is 27.4 Å². The molecule has 0 radical (unpaired) electrons. The van der Waals surface area contributed by atoms with Crippen molar-refractivity contribution in [1.82, 2.24) is 4.90 Å². The molecule has 12 heavy (non-hydrogen) atoms. The first-order valence-electron chi connectivity index (χ1n) is 3.85. The molecule has 0 saturated carbocycles. The Labute approximate surface area is 81.4 Å². The third-order valence-corrected chi connectivity index (χ3v) is 1.44. The number of rotatable bonds is 2. The summed E-state index contributed by atoms with van der Waals surface area (Å²) in [6.45, 7) is 4.36. The van der Waals surface area contributed by atoms with E-state index in [9.17, 15) is 5.11 Å². The highest BCUT2D eigenvalue weighted by Gasteiger charge is 2.11. The van der Waals surface area contributed by atoms with Crippen molar-refractivity contribution in [2.45, 2.75) is 25.9 Å². The molecule has 0 aliphatic heterocycles. The van der Waals surface area contributed by atoms with E-state index < -0.39 is 5.60 Å². The minimum Gasteiger partial charge on any atom is -0.378 e. The lowest BCUT2D eigenvalue weighted by molar-refractivity contribution is 0.118. The van der Waals surface area contributed by atoms with Gasteiger partial charge >= 0.3 is 0 Å². The predicted molar refractivity (Wildman–Crippen MR) is 54.5 cm³/mol. The number of hydrogen-bond donors (Lipinski definition) is 1. The summed E-state index contributed by atoms with van der Waals surface area (Å²) in [6.07, 6.45) is 0.674. The Balaban J connectivity index is 0. The molecule has 0 saturated heterocycles. The molecule has 1 unspecified atom stereocenters. The largest absolute Gasteiger partial charge is 0.378 e. The lowest BCUT2D eigenvalue weighted by atomic mass is 10.1. The van der Waals surface area contributed by atoms with E-state index in [0.717, 1.165) is 0 Å². The van der Waals surface area contributed by atoms with E-state index in [4.69, 9.17) is 0 Å². The molecule has 0 aromatic carbocycles. The molecular weight excluding hydrogens is 174 g/mol. The Kier molecular flexibility index (Phi) is 7.51. The summed E-state index contributed by atoms with van der Waals surface area (Å²) in [5.74, 6) is 5.71. The average Bonchev–Trinajstić information content (AvgIpc) is 1.87. The molecule has 0 aromatic heterocycles.